The molecule has 0 saturated heterocycles. The summed E-state index contributed by atoms with van der Waals surface area (Å²) in [5.74, 6) is 0.162. The van der Waals surface area contributed by atoms with Gasteiger partial charge in [-0.2, -0.15) is 0 Å². The molecule has 0 radical (unpaired) electrons. The molecule has 2 aromatic heterocycles. The number of hydrogen-bond donors (Lipinski definition) is 2. The van der Waals surface area contributed by atoms with E-state index in [1.165, 1.54) is 34.4 Å². The third-order valence-corrected chi connectivity index (χ3v) is 6.02. The zero-order valence-corrected chi connectivity index (χ0v) is 16.5. The van der Waals surface area contributed by atoms with E-state index in [-0.39, 0.29) is 11.7 Å². The van der Waals surface area contributed by atoms with Crippen LogP contribution in [-0.2, 0) is 4.79 Å². The number of halogens is 1. The highest BCUT2D eigenvalue weighted by Gasteiger charge is 2.10. The Hall–Kier alpha value is -1.49. The first kappa shape index (κ1) is 17.3. The molecule has 2 heterocycles. The molecule has 0 atom stereocenters. The van der Waals surface area contributed by atoms with Gasteiger partial charge in [-0.15, -0.1) is 21.5 Å². The summed E-state index contributed by atoms with van der Waals surface area (Å²) in [6, 6.07) is 7.79. The van der Waals surface area contributed by atoms with E-state index in [0.29, 0.717) is 10.3 Å². The second-order valence-corrected chi connectivity index (χ2v) is 8.61. The molecule has 2 N–H and O–H groups in total. The SMILES string of the molecule is Cc1csc(NC(=O)CSc2nnc(Nc3cccc(Br)c3)s2)n1. The number of aryl methyl sites for hydroxylation is 1. The fourth-order valence-corrected chi connectivity index (χ4v) is 4.38. The lowest BCUT2D eigenvalue weighted by Gasteiger charge is -2.01. The summed E-state index contributed by atoms with van der Waals surface area (Å²) >= 11 is 7.60. The lowest BCUT2D eigenvalue weighted by molar-refractivity contribution is -0.113. The quantitative estimate of drug-likeness (QED) is 0.546. The zero-order chi connectivity index (χ0) is 16.9. The molecule has 6 nitrogen and oxygen atoms in total. The Morgan fingerprint density at radius 3 is 2.96 bits per heavy atom. The molecule has 0 aliphatic rings. The summed E-state index contributed by atoms with van der Waals surface area (Å²) in [4.78, 5) is 16.1. The molecule has 1 aromatic carbocycles. The Morgan fingerprint density at radius 1 is 1.33 bits per heavy atom. The minimum atomic E-state index is -0.106. The van der Waals surface area contributed by atoms with E-state index < -0.39 is 0 Å². The van der Waals surface area contributed by atoms with Crippen molar-refractivity contribution in [1.82, 2.24) is 15.2 Å². The second kappa shape index (κ2) is 8.06. The zero-order valence-electron chi connectivity index (χ0n) is 12.4. The molecular formula is C14H12BrN5OS3. The van der Waals surface area contributed by atoms with Crippen molar-refractivity contribution in [3.8, 4) is 0 Å². The Labute approximate surface area is 159 Å². The lowest BCUT2D eigenvalue weighted by Crippen LogP contribution is -2.13. The van der Waals surface area contributed by atoms with Crippen LogP contribution in [0.2, 0.25) is 0 Å². The highest BCUT2D eigenvalue weighted by atomic mass is 79.9. The van der Waals surface area contributed by atoms with Crippen molar-refractivity contribution in [1.29, 1.82) is 0 Å². The number of thioether (sulfide) groups is 1. The first-order valence-corrected chi connectivity index (χ1v) is 10.3. The third-order valence-electron chi connectivity index (χ3n) is 2.67. The van der Waals surface area contributed by atoms with Crippen molar-refractivity contribution in [2.24, 2.45) is 0 Å². The van der Waals surface area contributed by atoms with Gasteiger partial charge >= 0.3 is 0 Å². The molecule has 24 heavy (non-hydrogen) atoms. The fraction of sp³-hybridized carbons (Fsp3) is 0.143. The standard InChI is InChI=1S/C14H12BrN5OS3/c1-8-6-22-12(16-8)18-11(21)7-23-14-20-19-13(24-14)17-10-4-2-3-9(15)5-10/h2-6H,7H2,1H3,(H,17,19)(H,16,18,21). The van der Waals surface area contributed by atoms with E-state index in [1.807, 2.05) is 36.6 Å². The molecule has 0 spiro atoms. The average Bonchev–Trinajstić information content (AvgIpc) is 3.14. The van der Waals surface area contributed by atoms with Gasteiger partial charge in [0.1, 0.15) is 0 Å². The van der Waals surface area contributed by atoms with Gasteiger partial charge in [0.2, 0.25) is 11.0 Å². The van der Waals surface area contributed by atoms with Crippen LogP contribution < -0.4 is 10.6 Å². The van der Waals surface area contributed by atoms with Crippen LogP contribution >= 0.6 is 50.4 Å². The minimum absolute atomic E-state index is 0.106. The monoisotopic (exact) mass is 441 g/mol. The summed E-state index contributed by atoms with van der Waals surface area (Å²) in [5.41, 5.74) is 1.82. The van der Waals surface area contributed by atoms with Gasteiger partial charge in [0.25, 0.3) is 0 Å². The van der Waals surface area contributed by atoms with Crippen molar-refractivity contribution in [2.45, 2.75) is 11.3 Å². The number of benzene rings is 1. The Bertz CT molecular complexity index is 850. The minimum Gasteiger partial charge on any atom is -0.330 e. The van der Waals surface area contributed by atoms with Crippen molar-refractivity contribution in [2.75, 3.05) is 16.4 Å². The van der Waals surface area contributed by atoms with Crippen LogP contribution in [-0.4, -0.2) is 26.8 Å². The van der Waals surface area contributed by atoms with Crippen molar-refractivity contribution in [3.05, 3.63) is 39.8 Å². The Balaban J connectivity index is 1.51. The molecule has 0 fully saturated rings. The molecule has 0 bridgehead atoms. The van der Waals surface area contributed by atoms with Crippen LogP contribution in [0.25, 0.3) is 0 Å². The molecular weight excluding hydrogens is 430 g/mol. The second-order valence-electron chi connectivity index (χ2n) is 4.64. The average molecular weight is 442 g/mol. The number of anilines is 3. The van der Waals surface area contributed by atoms with Gasteiger partial charge in [0.15, 0.2) is 9.47 Å². The van der Waals surface area contributed by atoms with Crippen molar-refractivity contribution in [3.63, 3.8) is 0 Å². The van der Waals surface area contributed by atoms with E-state index in [1.54, 1.807) is 0 Å². The van der Waals surface area contributed by atoms with Gasteiger partial charge < -0.3 is 10.6 Å². The van der Waals surface area contributed by atoms with Crippen LogP contribution in [0.15, 0.2) is 38.5 Å². The molecule has 0 unspecified atom stereocenters. The first-order chi connectivity index (χ1) is 11.6. The van der Waals surface area contributed by atoms with E-state index in [2.05, 4.69) is 41.7 Å². The summed E-state index contributed by atoms with van der Waals surface area (Å²) in [6.07, 6.45) is 0. The number of carbonyl (C=O) groups excluding carboxylic acids is 1. The maximum absolute atomic E-state index is 11.9. The van der Waals surface area contributed by atoms with E-state index in [4.69, 9.17) is 0 Å². The van der Waals surface area contributed by atoms with Crippen molar-refractivity contribution >= 4 is 72.2 Å². The van der Waals surface area contributed by atoms with Crippen LogP contribution in [0.5, 0.6) is 0 Å². The van der Waals surface area contributed by atoms with Gasteiger partial charge in [-0.05, 0) is 25.1 Å². The molecule has 0 aliphatic carbocycles. The number of thiazole rings is 1. The summed E-state index contributed by atoms with van der Waals surface area (Å²) in [5, 5.41) is 17.3. The number of nitrogens with zero attached hydrogens (tertiary/aromatic N) is 3. The predicted molar refractivity (Wildman–Crippen MR) is 104 cm³/mol. The van der Waals surface area contributed by atoms with Crippen LogP contribution in [0.1, 0.15) is 5.69 Å². The maximum atomic E-state index is 11.9. The summed E-state index contributed by atoms with van der Waals surface area (Å²) < 4.78 is 1.72. The van der Waals surface area contributed by atoms with Gasteiger partial charge in [-0.1, -0.05) is 45.1 Å². The van der Waals surface area contributed by atoms with Gasteiger partial charge in [0, 0.05) is 15.5 Å². The van der Waals surface area contributed by atoms with Gasteiger partial charge in [0.05, 0.1) is 11.4 Å². The van der Waals surface area contributed by atoms with Crippen molar-refractivity contribution < 1.29 is 4.79 Å². The highest BCUT2D eigenvalue weighted by Crippen LogP contribution is 2.28. The third kappa shape index (κ3) is 5.00. The Morgan fingerprint density at radius 2 is 2.21 bits per heavy atom. The molecule has 1 amide bonds. The Kier molecular flexibility index (Phi) is 5.82. The fourth-order valence-electron chi connectivity index (χ4n) is 1.70. The van der Waals surface area contributed by atoms with Crippen LogP contribution in [0.3, 0.4) is 0 Å². The van der Waals surface area contributed by atoms with Crippen LogP contribution in [0.4, 0.5) is 16.0 Å². The number of carbonyl (C=O) groups is 1. The lowest BCUT2D eigenvalue weighted by atomic mass is 10.3. The number of hydrogen-bond acceptors (Lipinski definition) is 8. The summed E-state index contributed by atoms with van der Waals surface area (Å²) in [6.45, 7) is 1.89. The smallest absolute Gasteiger partial charge is 0.236 e. The molecule has 3 rings (SSSR count). The largest absolute Gasteiger partial charge is 0.330 e. The predicted octanol–water partition coefficient (Wildman–Crippen LogP) is 4.54. The van der Waals surface area contributed by atoms with Gasteiger partial charge in [-0.25, -0.2) is 4.98 Å². The maximum Gasteiger partial charge on any atom is 0.236 e. The molecule has 124 valence electrons. The molecule has 10 heteroatoms. The number of aromatic nitrogens is 3. The number of rotatable bonds is 6. The normalized spacial score (nSPS) is 10.6. The highest BCUT2D eigenvalue weighted by molar-refractivity contribution is 9.10. The topological polar surface area (TPSA) is 79.8 Å². The van der Waals surface area contributed by atoms with E-state index in [9.17, 15) is 4.79 Å². The van der Waals surface area contributed by atoms with Gasteiger partial charge in [-0.3, -0.25) is 4.79 Å². The van der Waals surface area contributed by atoms with Crippen LogP contribution in [0, 0.1) is 6.92 Å². The van der Waals surface area contributed by atoms with E-state index >= 15 is 0 Å². The molecule has 0 saturated carbocycles. The summed E-state index contributed by atoms with van der Waals surface area (Å²) in [7, 11) is 0. The number of nitrogens with one attached hydrogen (secondary N) is 2. The molecule has 3 aromatic rings. The first-order valence-electron chi connectivity index (χ1n) is 6.79. The van der Waals surface area contributed by atoms with E-state index in [0.717, 1.165) is 20.2 Å². The number of amides is 1. The molecule has 0 aliphatic heterocycles.